The molecule has 1 saturated carbocycles. The summed E-state index contributed by atoms with van der Waals surface area (Å²) in [7, 11) is 0. The van der Waals surface area contributed by atoms with Gasteiger partial charge in [-0.2, -0.15) is 0 Å². The molecule has 0 aliphatic heterocycles. The molecule has 3 rings (SSSR count). The Morgan fingerprint density at radius 3 is 2.72 bits per heavy atom. The number of pyridine rings is 1. The second-order valence-electron chi connectivity index (χ2n) is 7.31. The Hall–Kier alpha value is -1.52. The number of hydrogen-bond donors (Lipinski definition) is 2. The van der Waals surface area contributed by atoms with Crippen LogP contribution in [0.15, 0.2) is 29.2 Å². The summed E-state index contributed by atoms with van der Waals surface area (Å²) in [4.78, 5) is 14.5. The number of fused-ring (bicyclic) bond motifs is 1. The number of aromatic amines is 1. The number of benzene rings is 1. The molecule has 1 aromatic heterocycles. The van der Waals surface area contributed by atoms with Gasteiger partial charge in [-0.05, 0) is 68.5 Å². The SMILES string of the molecule is CCC[C@]1(N)CCC[C@H](Oc2cc3cc[nH]c(=O)c3cc2Cl)CCC1. The largest absolute Gasteiger partial charge is 0.489 e. The van der Waals surface area contributed by atoms with Crippen LogP contribution in [0, 0.1) is 0 Å². The minimum Gasteiger partial charge on any atom is -0.489 e. The van der Waals surface area contributed by atoms with Gasteiger partial charge in [-0.1, -0.05) is 24.9 Å². The molecule has 3 N–H and O–H groups in total. The van der Waals surface area contributed by atoms with Crippen LogP contribution >= 0.6 is 11.6 Å². The van der Waals surface area contributed by atoms with Crippen molar-refractivity contribution in [3.8, 4) is 5.75 Å². The molecule has 0 spiro atoms. The molecule has 0 bridgehead atoms. The van der Waals surface area contributed by atoms with Crippen LogP contribution in [-0.2, 0) is 0 Å². The van der Waals surface area contributed by atoms with Crippen molar-refractivity contribution in [2.45, 2.75) is 69.9 Å². The van der Waals surface area contributed by atoms with Gasteiger partial charge in [0, 0.05) is 17.1 Å². The Kier molecular flexibility index (Phi) is 5.70. The molecule has 1 heterocycles. The van der Waals surface area contributed by atoms with Crippen molar-refractivity contribution in [2.75, 3.05) is 0 Å². The fraction of sp³-hybridized carbons (Fsp3) is 0.550. The summed E-state index contributed by atoms with van der Waals surface area (Å²) >= 11 is 6.36. The summed E-state index contributed by atoms with van der Waals surface area (Å²) < 4.78 is 6.21. The Balaban J connectivity index is 1.71. The Morgan fingerprint density at radius 2 is 2.04 bits per heavy atom. The minimum atomic E-state index is -0.132. The maximum absolute atomic E-state index is 11.9. The van der Waals surface area contributed by atoms with E-state index in [0.29, 0.717) is 16.2 Å². The van der Waals surface area contributed by atoms with E-state index in [1.165, 1.54) is 0 Å². The molecule has 4 nitrogen and oxygen atoms in total. The molecular formula is C20H27ClN2O2. The lowest BCUT2D eigenvalue weighted by molar-refractivity contribution is 0.149. The molecule has 0 saturated heterocycles. The lowest BCUT2D eigenvalue weighted by atomic mass is 9.81. The summed E-state index contributed by atoms with van der Waals surface area (Å²) in [6.07, 6.45) is 10.3. The molecule has 1 aromatic carbocycles. The first-order valence-corrected chi connectivity index (χ1v) is 9.65. The molecular weight excluding hydrogens is 336 g/mol. The summed E-state index contributed by atoms with van der Waals surface area (Å²) in [5.74, 6) is 0.665. The van der Waals surface area contributed by atoms with E-state index < -0.39 is 0 Å². The summed E-state index contributed by atoms with van der Waals surface area (Å²) in [6, 6.07) is 5.43. The molecule has 1 aliphatic carbocycles. The zero-order valence-electron chi connectivity index (χ0n) is 14.8. The van der Waals surface area contributed by atoms with Crippen LogP contribution in [0.3, 0.4) is 0 Å². The van der Waals surface area contributed by atoms with Crippen molar-refractivity contribution in [2.24, 2.45) is 5.73 Å². The van der Waals surface area contributed by atoms with E-state index in [-0.39, 0.29) is 17.2 Å². The average molecular weight is 363 g/mol. The monoisotopic (exact) mass is 362 g/mol. The number of nitrogens with one attached hydrogen (secondary N) is 1. The molecule has 1 fully saturated rings. The van der Waals surface area contributed by atoms with E-state index in [2.05, 4.69) is 11.9 Å². The maximum atomic E-state index is 11.9. The second-order valence-corrected chi connectivity index (χ2v) is 7.72. The van der Waals surface area contributed by atoms with Gasteiger partial charge < -0.3 is 15.5 Å². The fourth-order valence-electron chi connectivity index (χ4n) is 3.96. The highest BCUT2D eigenvalue weighted by atomic mass is 35.5. The van der Waals surface area contributed by atoms with E-state index in [4.69, 9.17) is 22.1 Å². The van der Waals surface area contributed by atoms with Crippen LogP contribution in [0.25, 0.3) is 10.8 Å². The minimum absolute atomic E-state index is 0.00133. The van der Waals surface area contributed by atoms with Crippen LogP contribution < -0.4 is 16.0 Å². The van der Waals surface area contributed by atoms with Crippen molar-refractivity contribution in [1.82, 2.24) is 4.98 Å². The van der Waals surface area contributed by atoms with Gasteiger partial charge in [0.25, 0.3) is 5.56 Å². The number of aromatic nitrogens is 1. The first-order valence-electron chi connectivity index (χ1n) is 9.27. The van der Waals surface area contributed by atoms with E-state index in [9.17, 15) is 4.79 Å². The molecule has 0 atom stereocenters. The van der Waals surface area contributed by atoms with Gasteiger partial charge >= 0.3 is 0 Å². The van der Waals surface area contributed by atoms with Crippen molar-refractivity contribution < 1.29 is 4.74 Å². The molecule has 0 unspecified atom stereocenters. The quantitative estimate of drug-likeness (QED) is 0.822. The van der Waals surface area contributed by atoms with Crippen molar-refractivity contribution >= 4 is 22.4 Å². The Bertz CT molecular complexity index is 777. The number of hydrogen-bond acceptors (Lipinski definition) is 3. The molecule has 0 radical (unpaired) electrons. The predicted molar refractivity (Wildman–Crippen MR) is 104 cm³/mol. The summed E-state index contributed by atoms with van der Waals surface area (Å²) in [5, 5.41) is 1.92. The second kappa shape index (κ2) is 7.79. The van der Waals surface area contributed by atoms with Gasteiger partial charge in [-0.3, -0.25) is 4.79 Å². The standard InChI is InChI=1S/C20H27ClN2O2/c1-2-8-20(22)9-3-5-15(6-4-10-20)25-18-12-14-7-11-23-19(24)16(14)13-17(18)21/h7,11-13,15H,2-6,8-10,22H2,1H3,(H,23,24)/t15-,20-. The number of halogens is 1. The van der Waals surface area contributed by atoms with Gasteiger partial charge in [-0.25, -0.2) is 0 Å². The van der Waals surface area contributed by atoms with Gasteiger partial charge in [0.2, 0.25) is 0 Å². The third-order valence-corrected chi connectivity index (χ3v) is 5.56. The summed E-state index contributed by atoms with van der Waals surface area (Å²) in [6.45, 7) is 2.20. The highest BCUT2D eigenvalue weighted by Gasteiger charge is 2.27. The highest BCUT2D eigenvalue weighted by Crippen LogP contribution is 2.33. The van der Waals surface area contributed by atoms with E-state index in [0.717, 1.165) is 56.8 Å². The topological polar surface area (TPSA) is 68.1 Å². The van der Waals surface area contributed by atoms with E-state index in [1.807, 2.05) is 12.1 Å². The molecule has 5 heteroatoms. The Morgan fingerprint density at radius 1 is 1.32 bits per heavy atom. The molecule has 2 aromatic rings. The number of rotatable bonds is 4. The zero-order valence-corrected chi connectivity index (χ0v) is 15.6. The van der Waals surface area contributed by atoms with Gasteiger partial charge in [-0.15, -0.1) is 0 Å². The van der Waals surface area contributed by atoms with Crippen molar-refractivity contribution in [1.29, 1.82) is 0 Å². The zero-order chi connectivity index (χ0) is 17.9. The predicted octanol–water partition coefficient (Wildman–Crippen LogP) is 4.78. The van der Waals surface area contributed by atoms with E-state index in [1.54, 1.807) is 12.3 Å². The van der Waals surface area contributed by atoms with Crippen LogP contribution in [0.4, 0.5) is 0 Å². The first kappa shape index (κ1) is 18.3. The van der Waals surface area contributed by atoms with E-state index >= 15 is 0 Å². The Labute approximate surface area is 153 Å². The van der Waals surface area contributed by atoms with Crippen LogP contribution in [0.2, 0.25) is 5.02 Å². The third-order valence-electron chi connectivity index (χ3n) is 5.27. The van der Waals surface area contributed by atoms with Crippen LogP contribution in [-0.4, -0.2) is 16.6 Å². The lowest BCUT2D eigenvalue weighted by Gasteiger charge is -2.33. The smallest absolute Gasteiger partial charge is 0.255 e. The molecule has 25 heavy (non-hydrogen) atoms. The number of nitrogens with two attached hydrogens (primary N) is 1. The molecule has 0 amide bonds. The van der Waals surface area contributed by atoms with Crippen molar-refractivity contribution in [3.05, 3.63) is 39.8 Å². The summed E-state index contributed by atoms with van der Waals surface area (Å²) in [5.41, 5.74) is 6.41. The fourth-order valence-corrected chi connectivity index (χ4v) is 4.17. The third kappa shape index (κ3) is 4.36. The molecule has 1 aliphatic rings. The number of ether oxygens (including phenoxy) is 1. The van der Waals surface area contributed by atoms with Gasteiger partial charge in [0.15, 0.2) is 0 Å². The van der Waals surface area contributed by atoms with Gasteiger partial charge in [0.1, 0.15) is 5.75 Å². The highest BCUT2D eigenvalue weighted by molar-refractivity contribution is 6.32. The molecule has 136 valence electrons. The van der Waals surface area contributed by atoms with Crippen molar-refractivity contribution in [3.63, 3.8) is 0 Å². The normalized spacial score (nSPS) is 24.7. The number of H-pyrrole nitrogens is 1. The van der Waals surface area contributed by atoms with Crippen LogP contribution in [0.5, 0.6) is 5.75 Å². The lowest BCUT2D eigenvalue weighted by Crippen LogP contribution is -2.41. The maximum Gasteiger partial charge on any atom is 0.255 e. The average Bonchev–Trinajstić information content (AvgIpc) is 2.55. The van der Waals surface area contributed by atoms with Gasteiger partial charge in [0.05, 0.1) is 11.1 Å². The first-order chi connectivity index (χ1) is 12.0. The van der Waals surface area contributed by atoms with Crippen LogP contribution in [0.1, 0.15) is 58.3 Å².